The van der Waals surface area contributed by atoms with Crippen LogP contribution in [0.25, 0.3) is 0 Å². The van der Waals surface area contributed by atoms with Crippen molar-refractivity contribution in [3.05, 3.63) is 51.5 Å². The molecule has 0 saturated carbocycles. The molecule has 1 aromatic carbocycles. The summed E-state index contributed by atoms with van der Waals surface area (Å²) in [5.74, 6) is 0.641. The van der Waals surface area contributed by atoms with Crippen molar-refractivity contribution in [2.45, 2.75) is 45.7 Å². The van der Waals surface area contributed by atoms with Crippen LogP contribution in [0.2, 0.25) is 0 Å². The standard InChI is InChI=1S/C21H25N3O2S/c1-14-20(27-15(2)22-14)21(26)23-12-17-9-6-10-19(25)24(18(17)13-23)11-16-7-4-3-5-8-16/h3-5,7-8,17-18H,6,9-13H2,1-2H3/t17-,18+/m1/s1. The van der Waals surface area contributed by atoms with Crippen molar-refractivity contribution in [1.29, 1.82) is 0 Å². The van der Waals surface area contributed by atoms with Gasteiger partial charge in [-0.3, -0.25) is 9.59 Å². The summed E-state index contributed by atoms with van der Waals surface area (Å²) >= 11 is 1.47. The summed E-state index contributed by atoms with van der Waals surface area (Å²) in [5, 5.41) is 0.921. The molecule has 2 atom stereocenters. The first-order chi connectivity index (χ1) is 13.0. The average molecular weight is 384 g/mol. The van der Waals surface area contributed by atoms with Gasteiger partial charge in [-0.1, -0.05) is 30.3 Å². The molecule has 142 valence electrons. The molecule has 2 saturated heterocycles. The van der Waals surface area contributed by atoms with Crippen molar-refractivity contribution >= 4 is 23.2 Å². The number of aryl methyl sites for hydroxylation is 2. The van der Waals surface area contributed by atoms with Crippen LogP contribution >= 0.6 is 11.3 Å². The van der Waals surface area contributed by atoms with Gasteiger partial charge in [0.15, 0.2) is 0 Å². The Morgan fingerprint density at radius 2 is 2.00 bits per heavy atom. The Hall–Kier alpha value is -2.21. The molecule has 5 nitrogen and oxygen atoms in total. The molecule has 2 fully saturated rings. The third-order valence-electron chi connectivity index (χ3n) is 5.67. The third-order valence-corrected chi connectivity index (χ3v) is 6.73. The molecule has 3 heterocycles. The van der Waals surface area contributed by atoms with E-state index in [4.69, 9.17) is 0 Å². The van der Waals surface area contributed by atoms with Gasteiger partial charge in [0.1, 0.15) is 4.88 Å². The maximum Gasteiger partial charge on any atom is 0.265 e. The zero-order chi connectivity index (χ0) is 19.0. The van der Waals surface area contributed by atoms with Crippen molar-refractivity contribution in [2.24, 2.45) is 5.92 Å². The Labute approximate surface area is 164 Å². The van der Waals surface area contributed by atoms with Gasteiger partial charge in [-0.05, 0) is 38.2 Å². The molecule has 2 amide bonds. The predicted molar refractivity (Wildman–Crippen MR) is 106 cm³/mol. The van der Waals surface area contributed by atoms with Crippen molar-refractivity contribution in [1.82, 2.24) is 14.8 Å². The van der Waals surface area contributed by atoms with E-state index in [-0.39, 0.29) is 17.9 Å². The van der Waals surface area contributed by atoms with E-state index >= 15 is 0 Å². The van der Waals surface area contributed by atoms with E-state index in [0.29, 0.717) is 25.4 Å². The SMILES string of the molecule is Cc1nc(C)c(C(=O)N2C[C@H]3CCCC(=O)N(Cc4ccccc4)[C@H]3C2)s1. The highest BCUT2D eigenvalue weighted by molar-refractivity contribution is 7.13. The zero-order valence-electron chi connectivity index (χ0n) is 15.9. The Morgan fingerprint density at radius 1 is 1.22 bits per heavy atom. The van der Waals surface area contributed by atoms with E-state index in [0.717, 1.165) is 40.5 Å². The molecular formula is C21H25N3O2S. The first-order valence-electron chi connectivity index (χ1n) is 9.59. The van der Waals surface area contributed by atoms with Gasteiger partial charge in [-0.15, -0.1) is 11.3 Å². The number of fused-ring (bicyclic) bond motifs is 1. The second kappa shape index (κ2) is 7.43. The van der Waals surface area contributed by atoms with E-state index in [1.165, 1.54) is 11.3 Å². The molecule has 6 heteroatoms. The average Bonchev–Trinajstić information content (AvgIpc) is 3.19. The summed E-state index contributed by atoms with van der Waals surface area (Å²) in [6.07, 6.45) is 2.53. The van der Waals surface area contributed by atoms with E-state index < -0.39 is 0 Å². The van der Waals surface area contributed by atoms with Crippen LogP contribution in [0, 0.1) is 19.8 Å². The minimum Gasteiger partial charge on any atom is -0.335 e. The maximum atomic E-state index is 13.0. The summed E-state index contributed by atoms with van der Waals surface area (Å²) in [6, 6.07) is 10.2. The fourth-order valence-electron chi connectivity index (χ4n) is 4.36. The number of carbonyl (C=O) groups excluding carboxylic acids is 2. The van der Waals surface area contributed by atoms with Crippen LogP contribution in [-0.2, 0) is 11.3 Å². The summed E-state index contributed by atoms with van der Waals surface area (Å²) < 4.78 is 0. The van der Waals surface area contributed by atoms with Crippen molar-refractivity contribution in [3.63, 3.8) is 0 Å². The Bertz CT molecular complexity index is 848. The van der Waals surface area contributed by atoms with Crippen LogP contribution in [0.4, 0.5) is 0 Å². The molecule has 0 aliphatic carbocycles. The van der Waals surface area contributed by atoms with Gasteiger partial charge in [-0.25, -0.2) is 4.98 Å². The number of rotatable bonds is 3. The normalized spacial score (nSPS) is 22.7. The second-order valence-electron chi connectivity index (χ2n) is 7.58. The van der Waals surface area contributed by atoms with E-state index in [1.807, 2.05) is 41.8 Å². The number of benzene rings is 1. The fourth-order valence-corrected chi connectivity index (χ4v) is 5.25. The first kappa shape index (κ1) is 18.2. The molecule has 4 rings (SSSR count). The van der Waals surface area contributed by atoms with Crippen molar-refractivity contribution in [3.8, 4) is 0 Å². The largest absolute Gasteiger partial charge is 0.335 e. The first-order valence-corrected chi connectivity index (χ1v) is 10.4. The van der Waals surface area contributed by atoms with E-state index in [2.05, 4.69) is 17.1 Å². The van der Waals surface area contributed by atoms with Crippen LogP contribution in [0.5, 0.6) is 0 Å². The lowest BCUT2D eigenvalue weighted by Crippen LogP contribution is -2.43. The molecule has 2 aromatic rings. The van der Waals surface area contributed by atoms with Gasteiger partial charge >= 0.3 is 0 Å². The molecule has 0 spiro atoms. The topological polar surface area (TPSA) is 53.5 Å². The van der Waals surface area contributed by atoms with Crippen LogP contribution in [0.1, 0.15) is 45.2 Å². The fraction of sp³-hybridized carbons (Fsp3) is 0.476. The van der Waals surface area contributed by atoms with Crippen LogP contribution in [0.3, 0.4) is 0 Å². The Balaban J connectivity index is 1.56. The quantitative estimate of drug-likeness (QED) is 0.816. The molecule has 0 unspecified atom stereocenters. The lowest BCUT2D eigenvalue weighted by molar-refractivity contribution is -0.133. The summed E-state index contributed by atoms with van der Waals surface area (Å²) in [5.41, 5.74) is 1.96. The Kier molecular flexibility index (Phi) is 5.00. The van der Waals surface area contributed by atoms with Crippen LogP contribution in [0.15, 0.2) is 30.3 Å². The minimum atomic E-state index is 0.0679. The lowest BCUT2D eigenvalue weighted by Gasteiger charge is -2.30. The number of aromatic nitrogens is 1. The number of thiazole rings is 1. The molecule has 0 radical (unpaired) electrons. The molecule has 1 aromatic heterocycles. The number of hydrogen-bond donors (Lipinski definition) is 0. The summed E-state index contributed by atoms with van der Waals surface area (Å²) in [6.45, 7) is 5.82. The highest BCUT2D eigenvalue weighted by atomic mass is 32.1. The smallest absolute Gasteiger partial charge is 0.265 e. The van der Waals surface area contributed by atoms with Crippen LogP contribution in [-0.4, -0.2) is 45.7 Å². The number of amides is 2. The molecule has 0 bridgehead atoms. The minimum absolute atomic E-state index is 0.0679. The molecule has 2 aliphatic rings. The highest BCUT2D eigenvalue weighted by Gasteiger charge is 2.42. The monoisotopic (exact) mass is 383 g/mol. The van der Waals surface area contributed by atoms with Crippen molar-refractivity contribution < 1.29 is 9.59 Å². The summed E-state index contributed by atoms with van der Waals surface area (Å²) in [4.78, 5) is 34.9. The zero-order valence-corrected chi connectivity index (χ0v) is 16.7. The van der Waals surface area contributed by atoms with E-state index in [9.17, 15) is 9.59 Å². The molecular weight excluding hydrogens is 358 g/mol. The van der Waals surface area contributed by atoms with Gasteiger partial charge in [0.2, 0.25) is 5.91 Å². The van der Waals surface area contributed by atoms with Gasteiger partial charge < -0.3 is 9.80 Å². The van der Waals surface area contributed by atoms with Crippen molar-refractivity contribution in [2.75, 3.05) is 13.1 Å². The van der Waals surface area contributed by atoms with Crippen LogP contribution < -0.4 is 0 Å². The number of nitrogens with zero attached hydrogens (tertiary/aromatic N) is 3. The summed E-state index contributed by atoms with van der Waals surface area (Å²) in [7, 11) is 0. The third kappa shape index (κ3) is 3.63. The number of carbonyl (C=O) groups is 2. The van der Waals surface area contributed by atoms with Gasteiger partial charge in [0, 0.05) is 26.1 Å². The highest BCUT2D eigenvalue weighted by Crippen LogP contribution is 2.33. The predicted octanol–water partition coefficient (Wildman–Crippen LogP) is 3.41. The maximum absolute atomic E-state index is 13.0. The van der Waals surface area contributed by atoms with E-state index in [1.54, 1.807) is 0 Å². The van der Waals surface area contributed by atoms with Gasteiger partial charge in [-0.2, -0.15) is 0 Å². The second-order valence-corrected chi connectivity index (χ2v) is 8.79. The Morgan fingerprint density at radius 3 is 2.70 bits per heavy atom. The molecule has 2 aliphatic heterocycles. The molecule has 0 N–H and O–H groups in total. The number of likely N-dealkylation sites (tertiary alicyclic amines) is 2. The number of hydrogen-bond acceptors (Lipinski definition) is 4. The lowest BCUT2D eigenvalue weighted by atomic mass is 9.98. The molecule has 27 heavy (non-hydrogen) atoms. The van der Waals surface area contributed by atoms with Gasteiger partial charge in [0.05, 0.1) is 16.7 Å². The van der Waals surface area contributed by atoms with Gasteiger partial charge in [0.25, 0.3) is 5.91 Å².